The minimum atomic E-state index is -1.60. The van der Waals surface area contributed by atoms with Crippen molar-refractivity contribution in [2.45, 2.75) is 44.7 Å². The molecule has 3 amide bonds. The fraction of sp³-hybridized carbons (Fsp3) is 0.429. The monoisotopic (exact) mass is 556 g/mol. The van der Waals surface area contributed by atoms with Crippen molar-refractivity contribution in [3.05, 3.63) is 64.4 Å². The maximum absolute atomic E-state index is 13.4. The van der Waals surface area contributed by atoms with Crippen LogP contribution < -0.4 is 21.7 Å². The number of hydrogen-bond acceptors (Lipinski definition) is 6. The Morgan fingerprint density at radius 1 is 1.15 bits per heavy atom. The molecule has 11 heteroatoms. The first-order valence-electron chi connectivity index (χ1n) is 13.1. The second kappa shape index (κ2) is 12.1. The molecule has 0 bridgehead atoms. The van der Waals surface area contributed by atoms with E-state index in [1.54, 1.807) is 24.3 Å². The molecule has 0 saturated carbocycles. The van der Waals surface area contributed by atoms with Gasteiger partial charge in [-0.25, -0.2) is 4.39 Å². The van der Waals surface area contributed by atoms with Crippen molar-refractivity contribution >= 4 is 40.8 Å². The van der Waals surface area contributed by atoms with Crippen LogP contribution in [0.4, 0.5) is 10.1 Å². The maximum atomic E-state index is 13.4. The molecule has 4 rings (SSSR count). The molecule has 2 aromatic rings. The number of nitrogens with two attached hydrogens (primary N) is 1. The zero-order chi connectivity index (χ0) is 28.2. The van der Waals surface area contributed by atoms with E-state index < -0.39 is 35.1 Å². The lowest BCUT2D eigenvalue weighted by atomic mass is 9.82. The zero-order valence-electron chi connectivity index (χ0n) is 22.1. The molecule has 2 heterocycles. The number of halogens is 2. The molecule has 208 valence electrons. The Morgan fingerprint density at radius 2 is 1.85 bits per heavy atom. The first kappa shape index (κ1) is 28.5. The molecule has 0 aliphatic carbocycles. The summed E-state index contributed by atoms with van der Waals surface area (Å²) in [6, 6.07) is 8.82. The van der Waals surface area contributed by atoms with E-state index in [2.05, 4.69) is 25.8 Å². The first-order chi connectivity index (χ1) is 18.6. The number of carbonyl (C=O) groups is 3. The van der Waals surface area contributed by atoms with Gasteiger partial charge in [0.25, 0.3) is 11.8 Å². The minimum Gasteiger partial charge on any atom is -0.367 e. The van der Waals surface area contributed by atoms with Crippen LogP contribution in [0.2, 0.25) is 5.02 Å². The summed E-state index contributed by atoms with van der Waals surface area (Å²) in [4.78, 5) is 46.0. The van der Waals surface area contributed by atoms with Crippen LogP contribution in [-0.4, -0.2) is 60.7 Å². The van der Waals surface area contributed by atoms with Crippen LogP contribution in [0.3, 0.4) is 0 Å². The van der Waals surface area contributed by atoms with Gasteiger partial charge >= 0.3 is 0 Å². The van der Waals surface area contributed by atoms with Crippen molar-refractivity contribution in [3.8, 4) is 0 Å². The molecule has 0 spiro atoms. The number of rotatable bonds is 9. The number of aliphatic imine (C=N–C) groups is 1. The molecule has 0 aromatic heterocycles. The SMILES string of the molecule is CC(C)C1=NC(C(=O)NCCN2CCCCC2)C(C(N)=O)(c2ccc(NC(=O)c3ccc(F)cc3Cl)cc2)N1. The van der Waals surface area contributed by atoms with Gasteiger partial charge in [-0.3, -0.25) is 19.4 Å². The minimum absolute atomic E-state index is 0.0144. The van der Waals surface area contributed by atoms with E-state index in [0.29, 0.717) is 23.6 Å². The van der Waals surface area contributed by atoms with E-state index in [1.807, 2.05) is 13.8 Å². The first-order valence-corrected chi connectivity index (χ1v) is 13.5. The summed E-state index contributed by atoms with van der Waals surface area (Å²) in [6.07, 6.45) is 3.54. The van der Waals surface area contributed by atoms with Crippen molar-refractivity contribution in [3.63, 3.8) is 0 Å². The average molecular weight is 557 g/mol. The highest BCUT2D eigenvalue weighted by atomic mass is 35.5. The van der Waals surface area contributed by atoms with E-state index in [-0.39, 0.29) is 16.5 Å². The zero-order valence-corrected chi connectivity index (χ0v) is 22.9. The number of carbonyl (C=O) groups excluding carboxylic acids is 3. The van der Waals surface area contributed by atoms with Crippen molar-refractivity contribution in [1.82, 2.24) is 15.5 Å². The number of benzene rings is 2. The topological polar surface area (TPSA) is 129 Å². The summed E-state index contributed by atoms with van der Waals surface area (Å²) < 4.78 is 13.4. The number of anilines is 1. The lowest BCUT2D eigenvalue weighted by Crippen LogP contribution is -2.61. The molecule has 39 heavy (non-hydrogen) atoms. The van der Waals surface area contributed by atoms with Gasteiger partial charge in [-0.15, -0.1) is 0 Å². The number of amides is 3. The molecular formula is C28H34ClFN6O3. The van der Waals surface area contributed by atoms with Gasteiger partial charge in [-0.1, -0.05) is 44.0 Å². The standard InChI is InChI=1S/C28H34ClFN6O3/c1-17(2)24-34-23(26(38)32-12-15-36-13-4-3-5-14-36)28(35-24,27(31)39)18-6-9-20(10-7-18)33-25(37)21-11-8-19(30)16-22(21)29/h6-11,16-17,23H,3-5,12-15H2,1-2H3,(H2,31,39)(H,32,38)(H,33,37)(H,34,35). The van der Waals surface area contributed by atoms with Gasteiger partial charge in [0.15, 0.2) is 11.6 Å². The summed E-state index contributed by atoms with van der Waals surface area (Å²) in [7, 11) is 0. The molecule has 1 fully saturated rings. The Kier molecular flexibility index (Phi) is 8.87. The number of piperidine rings is 1. The molecular weight excluding hydrogens is 523 g/mol. The van der Waals surface area contributed by atoms with E-state index in [0.717, 1.165) is 44.6 Å². The number of nitrogens with zero attached hydrogens (tertiary/aromatic N) is 2. The van der Waals surface area contributed by atoms with Crippen LogP contribution in [-0.2, 0) is 15.1 Å². The van der Waals surface area contributed by atoms with Gasteiger partial charge in [0.05, 0.1) is 10.6 Å². The molecule has 2 aliphatic heterocycles. The Morgan fingerprint density at radius 3 is 2.46 bits per heavy atom. The van der Waals surface area contributed by atoms with Gasteiger partial charge in [-0.05, 0) is 61.8 Å². The average Bonchev–Trinajstić information content (AvgIpc) is 3.32. The third-order valence-electron chi connectivity index (χ3n) is 7.14. The lowest BCUT2D eigenvalue weighted by Gasteiger charge is -2.32. The summed E-state index contributed by atoms with van der Waals surface area (Å²) in [5, 5.41) is 8.79. The van der Waals surface area contributed by atoms with Crippen LogP contribution in [0.1, 0.15) is 49.0 Å². The molecule has 2 aromatic carbocycles. The summed E-state index contributed by atoms with van der Waals surface area (Å²) in [5.41, 5.74) is 5.31. The summed E-state index contributed by atoms with van der Waals surface area (Å²) in [6.45, 7) is 7.01. The van der Waals surface area contributed by atoms with Gasteiger partial charge in [0.2, 0.25) is 5.91 Å². The van der Waals surface area contributed by atoms with Crippen LogP contribution in [0.15, 0.2) is 47.5 Å². The van der Waals surface area contributed by atoms with Crippen molar-refractivity contribution < 1.29 is 18.8 Å². The predicted molar refractivity (Wildman–Crippen MR) is 149 cm³/mol. The van der Waals surface area contributed by atoms with Gasteiger partial charge in [0, 0.05) is 24.7 Å². The molecule has 1 saturated heterocycles. The third kappa shape index (κ3) is 6.23. The van der Waals surface area contributed by atoms with Gasteiger partial charge in [-0.2, -0.15) is 0 Å². The van der Waals surface area contributed by atoms with Crippen molar-refractivity contribution in [2.75, 3.05) is 31.5 Å². The van der Waals surface area contributed by atoms with Gasteiger partial charge < -0.3 is 26.6 Å². The predicted octanol–water partition coefficient (Wildman–Crippen LogP) is 3.04. The smallest absolute Gasteiger partial charge is 0.257 e. The maximum Gasteiger partial charge on any atom is 0.257 e. The highest BCUT2D eigenvalue weighted by Crippen LogP contribution is 2.34. The number of primary amides is 1. The molecule has 0 radical (unpaired) electrons. The Bertz CT molecular complexity index is 1260. The Hall–Kier alpha value is -3.50. The molecule has 9 nitrogen and oxygen atoms in total. The molecule has 2 unspecified atom stereocenters. The highest BCUT2D eigenvalue weighted by Gasteiger charge is 2.54. The van der Waals surface area contributed by atoms with E-state index in [4.69, 9.17) is 17.3 Å². The third-order valence-corrected chi connectivity index (χ3v) is 7.45. The number of hydrogen-bond donors (Lipinski definition) is 4. The second-order valence-corrected chi connectivity index (χ2v) is 10.6. The van der Waals surface area contributed by atoms with E-state index >= 15 is 0 Å². The number of nitrogens with one attached hydrogen (secondary N) is 3. The molecule has 2 aliphatic rings. The quantitative estimate of drug-likeness (QED) is 0.377. The van der Waals surface area contributed by atoms with Crippen molar-refractivity contribution in [1.29, 1.82) is 0 Å². The van der Waals surface area contributed by atoms with Crippen LogP contribution in [0.25, 0.3) is 0 Å². The number of likely N-dealkylation sites (tertiary alicyclic amines) is 1. The fourth-order valence-electron chi connectivity index (χ4n) is 4.96. The molecule has 5 N–H and O–H groups in total. The Labute approximate surface area is 232 Å². The van der Waals surface area contributed by atoms with Crippen molar-refractivity contribution in [2.24, 2.45) is 16.6 Å². The largest absolute Gasteiger partial charge is 0.367 e. The fourth-order valence-corrected chi connectivity index (χ4v) is 5.21. The van der Waals surface area contributed by atoms with Crippen LogP contribution in [0.5, 0.6) is 0 Å². The van der Waals surface area contributed by atoms with E-state index in [1.165, 1.54) is 12.5 Å². The second-order valence-electron chi connectivity index (χ2n) is 10.2. The van der Waals surface area contributed by atoms with Crippen LogP contribution in [0, 0.1) is 11.7 Å². The Balaban J connectivity index is 1.53. The summed E-state index contributed by atoms with van der Waals surface area (Å²) in [5.74, 6) is -1.77. The summed E-state index contributed by atoms with van der Waals surface area (Å²) >= 11 is 6.01. The lowest BCUT2D eigenvalue weighted by molar-refractivity contribution is -0.131. The number of amidine groups is 1. The van der Waals surface area contributed by atoms with Crippen LogP contribution >= 0.6 is 11.6 Å². The van der Waals surface area contributed by atoms with Gasteiger partial charge in [0.1, 0.15) is 11.7 Å². The molecule has 2 atom stereocenters. The normalized spacial score (nSPS) is 21.3. The van der Waals surface area contributed by atoms with E-state index in [9.17, 15) is 18.8 Å². The highest BCUT2D eigenvalue weighted by molar-refractivity contribution is 6.34.